The molecular weight excluding hydrogens is 510 g/mol. The Balaban J connectivity index is 1.26. The van der Waals surface area contributed by atoms with Crippen molar-refractivity contribution in [3.8, 4) is 11.8 Å². The number of aromatic nitrogens is 1. The number of benzene rings is 3. The molecule has 1 aliphatic rings. The van der Waals surface area contributed by atoms with Crippen LogP contribution in [0.1, 0.15) is 20.9 Å². The second-order valence-electron chi connectivity index (χ2n) is 8.16. The molecule has 0 spiro atoms. The third kappa shape index (κ3) is 5.45. The lowest BCUT2D eigenvalue weighted by molar-refractivity contribution is 0.0730. The number of carbonyl (C=O) groups is 1. The molecule has 0 radical (unpaired) electrons. The highest BCUT2D eigenvalue weighted by atomic mass is 32.2. The van der Waals surface area contributed by atoms with Crippen LogP contribution in [-0.2, 0) is 14.8 Å². The van der Waals surface area contributed by atoms with Gasteiger partial charge >= 0.3 is 5.97 Å². The van der Waals surface area contributed by atoms with Gasteiger partial charge in [-0.2, -0.15) is 9.57 Å². The summed E-state index contributed by atoms with van der Waals surface area (Å²) in [6.45, 7) is 1.32. The van der Waals surface area contributed by atoms with Crippen LogP contribution in [0.4, 0.5) is 0 Å². The highest BCUT2D eigenvalue weighted by Gasteiger charge is 2.26. The number of hydrogen-bond donors (Lipinski definition) is 0. The number of ether oxygens (including phenoxy) is 2. The number of nitriles is 1. The van der Waals surface area contributed by atoms with Crippen LogP contribution >= 0.6 is 11.3 Å². The van der Waals surface area contributed by atoms with Crippen LogP contribution in [0.25, 0.3) is 21.9 Å². The molecule has 0 N–H and O–H groups in total. The zero-order valence-electron chi connectivity index (χ0n) is 19.5. The van der Waals surface area contributed by atoms with Crippen molar-refractivity contribution in [3.63, 3.8) is 0 Å². The fourth-order valence-corrected chi connectivity index (χ4v) is 6.13. The van der Waals surface area contributed by atoms with Crippen LogP contribution in [0.15, 0.2) is 77.7 Å². The molecule has 2 heterocycles. The summed E-state index contributed by atoms with van der Waals surface area (Å²) >= 11 is 1.45. The molecule has 0 atom stereocenters. The van der Waals surface area contributed by atoms with Crippen molar-refractivity contribution in [1.82, 2.24) is 9.29 Å². The minimum atomic E-state index is -3.64. The maximum Gasteiger partial charge on any atom is 0.343 e. The zero-order valence-corrected chi connectivity index (χ0v) is 21.2. The second-order valence-corrected chi connectivity index (χ2v) is 11.1. The fourth-order valence-electron chi connectivity index (χ4n) is 3.79. The Labute approximate surface area is 218 Å². The van der Waals surface area contributed by atoms with E-state index in [2.05, 4.69) is 11.1 Å². The number of hydrogen-bond acceptors (Lipinski definition) is 8. The van der Waals surface area contributed by atoms with Gasteiger partial charge in [-0.05, 0) is 60.2 Å². The van der Waals surface area contributed by atoms with E-state index in [1.807, 2.05) is 24.3 Å². The number of fused-ring (bicyclic) bond motifs is 1. The van der Waals surface area contributed by atoms with Crippen molar-refractivity contribution in [1.29, 1.82) is 5.26 Å². The van der Waals surface area contributed by atoms with Crippen molar-refractivity contribution in [2.24, 2.45) is 0 Å². The molecule has 0 amide bonds. The van der Waals surface area contributed by atoms with E-state index in [0.717, 1.165) is 15.8 Å². The third-order valence-corrected chi connectivity index (χ3v) is 8.73. The number of morpholine rings is 1. The van der Waals surface area contributed by atoms with Crippen LogP contribution in [0.2, 0.25) is 0 Å². The lowest BCUT2D eigenvalue weighted by atomic mass is 10.1. The number of sulfonamides is 1. The van der Waals surface area contributed by atoms with Gasteiger partial charge in [-0.3, -0.25) is 0 Å². The number of carbonyl (C=O) groups excluding carboxylic acids is 1. The maximum atomic E-state index is 12.8. The van der Waals surface area contributed by atoms with Gasteiger partial charge in [-0.1, -0.05) is 24.3 Å². The first-order chi connectivity index (χ1) is 17.9. The number of para-hydroxylation sites is 1. The molecule has 0 saturated carbocycles. The molecule has 1 aliphatic heterocycles. The third-order valence-electron chi connectivity index (χ3n) is 5.74. The van der Waals surface area contributed by atoms with Gasteiger partial charge in [0.1, 0.15) is 16.8 Å². The Morgan fingerprint density at radius 2 is 1.73 bits per heavy atom. The fraction of sp³-hybridized carbons (Fsp3) is 0.148. The van der Waals surface area contributed by atoms with Crippen LogP contribution in [0.5, 0.6) is 5.75 Å². The summed E-state index contributed by atoms with van der Waals surface area (Å²) in [6.07, 6.45) is 1.73. The van der Waals surface area contributed by atoms with E-state index in [9.17, 15) is 18.5 Å². The van der Waals surface area contributed by atoms with Gasteiger partial charge < -0.3 is 9.47 Å². The molecule has 0 bridgehead atoms. The Kier molecular flexibility index (Phi) is 7.12. The quantitative estimate of drug-likeness (QED) is 0.203. The maximum absolute atomic E-state index is 12.8. The molecular formula is C27H21N3O5S2. The first-order valence-corrected chi connectivity index (χ1v) is 13.7. The van der Waals surface area contributed by atoms with Gasteiger partial charge in [0.05, 0.1) is 39.5 Å². The number of esters is 1. The van der Waals surface area contributed by atoms with E-state index >= 15 is 0 Å². The van der Waals surface area contributed by atoms with E-state index in [-0.39, 0.29) is 10.5 Å². The Morgan fingerprint density at radius 3 is 2.41 bits per heavy atom. The molecule has 186 valence electrons. The molecule has 3 aromatic carbocycles. The lowest BCUT2D eigenvalue weighted by Crippen LogP contribution is -2.40. The Morgan fingerprint density at radius 1 is 1.03 bits per heavy atom. The monoisotopic (exact) mass is 531 g/mol. The summed E-state index contributed by atoms with van der Waals surface area (Å²) in [5.41, 5.74) is 2.27. The standard InChI is InChI=1S/C27H21N3O5S2/c28-18-21(26-29-24-3-1-2-4-25(24)36-26)17-19-5-9-22(10-6-19)35-27(31)20-7-11-23(12-8-20)37(32,33)30-13-15-34-16-14-30/h1-12,17H,13-16H2/b21-17+. The summed E-state index contributed by atoms with van der Waals surface area (Å²) in [7, 11) is -3.64. The molecule has 10 heteroatoms. The second kappa shape index (κ2) is 10.6. The SMILES string of the molecule is N#C/C(=C\c1ccc(OC(=O)c2ccc(S(=O)(=O)N3CCOCC3)cc2)cc1)c1nc2ccccc2s1. The van der Waals surface area contributed by atoms with Crippen molar-refractivity contribution in [3.05, 3.63) is 88.9 Å². The van der Waals surface area contributed by atoms with Crippen molar-refractivity contribution < 1.29 is 22.7 Å². The summed E-state index contributed by atoms with van der Waals surface area (Å²) in [4.78, 5) is 17.2. The Bertz CT molecular complexity index is 1580. The normalized spacial score (nSPS) is 14.8. The summed E-state index contributed by atoms with van der Waals surface area (Å²) in [5, 5.41) is 10.3. The van der Waals surface area contributed by atoms with Gasteiger partial charge in [-0.15, -0.1) is 11.3 Å². The number of thiazole rings is 1. The van der Waals surface area contributed by atoms with Gasteiger partial charge in [0, 0.05) is 13.1 Å². The molecule has 4 aromatic rings. The van der Waals surface area contributed by atoms with Gasteiger partial charge in [0.25, 0.3) is 0 Å². The number of allylic oxidation sites excluding steroid dienone is 1. The van der Waals surface area contributed by atoms with Crippen molar-refractivity contribution in [2.75, 3.05) is 26.3 Å². The van der Waals surface area contributed by atoms with Crippen LogP contribution in [-0.4, -0.2) is 50.0 Å². The Hall–Kier alpha value is -3.88. The average molecular weight is 532 g/mol. The highest BCUT2D eigenvalue weighted by Crippen LogP contribution is 2.28. The number of nitrogens with zero attached hydrogens (tertiary/aromatic N) is 3. The largest absolute Gasteiger partial charge is 0.423 e. The highest BCUT2D eigenvalue weighted by molar-refractivity contribution is 7.89. The van der Waals surface area contributed by atoms with E-state index in [4.69, 9.17) is 9.47 Å². The molecule has 1 aromatic heterocycles. The summed E-state index contributed by atoms with van der Waals surface area (Å²) in [6, 6.07) is 22.3. The van der Waals surface area contributed by atoms with Crippen LogP contribution < -0.4 is 4.74 Å². The summed E-state index contributed by atoms with van der Waals surface area (Å²) < 4.78 is 38.5. The van der Waals surface area contributed by atoms with E-state index < -0.39 is 16.0 Å². The molecule has 8 nitrogen and oxygen atoms in total. The first-order valence-electron chi connectivity index (χ1n) is 11.4. The van der Waals surface area contributed by atoms with E-state index in [1.165, 1.54) is 39.9 Å². The number of rotatable bonds is 6. The molecule has 1 saturated heterocycles. The van der Waals surface area contributed by atoms with Crippen LogP contribution in [0, 0.1) is 11.3 Å². The minimum Gasteiger partial charge on any atom is -0.423 e. The van der Waals surface area contributed by atoms with Crippen LogP contribution in [0.3, 0.4) is 0 Å². The molecule has 37 heavy (non-hydrogen) atoms. The average Bonchev–Trinajstić information content (AvgIpc) is 3.37. The predicted molar refractivity (Wildman–Crippen MR) is 141 cm³/mol. The topological polar surface area (TPSA) is 110 Å². The van der Waals surface area contributed by atoms with Gasteiger partial charge in [-0.25, -0.2) is 18.2 Å². The molecule has 0 unspecified atom stereocenters. The van der Waals surface area contributed by atoms with Crippen molar-refractivity contribution in [2.45, 2.75) is 4.90 Å². The van der Waals surface area contributed by atoms with E-state index in [1.54, 1.807) is 30.3 Å². The molecule has 0 aliphatic carbocycles. The first kappa shape index (κ1) is 24.8. The minimum absolute atomic E-state index is 0.114. The predicted octanol–water partition coefficient (Wildman–Crippen LogP) is 4.60. The van der Waals surface area contributed by atoms with Crippen molar-refractivity contribution >= 4 is 49.2 Å². The molecule has 1 fully saturated rings. The zero-order chi connectivity index (χ0) is 25.8. The van der Waals surface area contributed by atoms with Gasteiger partial charge in [0.15, 0.2) is 0 Å². The molecule has 5 rings (SSSR count). The lowest BCUT2D eigenvalue weighted by Gasteiger charge is -2.26. The van der Waals surface area contributed by atoms with E-state index in [0.29, 0.717) is 42.6 Å². The summed E-state index contributed by atoms with van der Waals surface area (Å²) in [5.74, 6) is -0.281. The van der Waals surface area contributed by atoms with Gasteiger partial charge in [0.2, 0.25) is 10.0 Å². The smallest absolute Gasteiger partial charge is 0.343 e.